The number of fused-ring (bicyclic) bond motifs is 1. The van der Waals surface area contributed by atoms with Gasteiger partial charge in [0.1, 0.15) is 5.75 Å². The van der Waals surface area contributed by atoms with Crippen LogP contribution in [0.4, 0.5) is 0 Å². The molecule has 1 aliphatic rings. The third-order valence-corrected chi connectivity index (χ3v) is 4.06. The monoisotopic (exact) mass is 267 g/mol. The summed E-state index contributed by atoms with van der Waals surface area (Å²) in [5, 5.41) is 3.45. The summed E-state index contributed by atoms with van der Waals surface area (Å²) in [6.07, 6.45) is 2.23. The minimum absolute atomic E-state index is 0.184. The van der Waals surface area contributed by atoms with E-state index in [2.05, 4.69) is 54.7 Å². The van der Waals surface area contributed by atoms with Crippen LogP contribution in [-0.4, -0.2) is 13.7 Å². The first-order valence-corrected chi connectivity index (χ1v) is 7.28. The molecule has 0 spiro atoms. The maximum absolute atomic E-state index is 5.96. The Bertz CT molecular complexity index is 606. The largest absolute Gasteiger partial charge is 0.493 e. The molecule has 1 atom stereocenters. The Balaban J connectivity index is 2.09. The third kappa shape index (κ3) is 2.32. The maximum Gasteiger partial charge on any atom is 0.127 e. The second-order valence-corrected chi connectivity index (χ2v) is 5.37. The van der Waals surface area contributed by atoms with Crippen LogP contribution in [0.5, 0.6) is 5.75 Å². The van der Waals surface area contributed by atoms with Gasteiger partial charge >= 0.3 is 0 Å². The highest BCUT2D eigenvalue weighted by Crippen LogP contribution is 2.36. The summed E-state index contributed by atoms with van der Waals surface area (Å²) in [4.78, 5) is 0. The van der Waals surface area contributed by atoms with Crippen molar-refractivity contribution >= 4 is 0 Å². The van der Waals surface area contributed by atoms with Crippen LogP contribution in [0.25, 0.3) is 0 Å². The van der Waals surface area contributed by atoms with Crippen LogP contribution in [-0.2, 0) is 6.42 Å². The normalized spacial score (nSPS) is 15.3. The van der Waals surface area contributed by atoms with E-state index in [4.69, 9.17) is 4.74 Å². The summed E-state index contributed by atoms with van der Waals surface area (Å²) in [5.74, 6) is 1.08. The Kier molecular flexibility index (Phi) is 3.75. The van der Waals surface area contributed by atoms with Gasteiger partial charge in [0.05, 0.1) is 12.6 Å². The first-order valence-electron chi connectivity index (χ1n) is 7.28. The van der Waals surface area contributed by atoms with Crippen molar-refractivity contribution in [1.82, 2.24) is 5.32 Å². The summed E-state index contributed by atoms with van der Waals surface area (Å²) < 4.78 is 5.96. The predicted octanol–water partition coefficient (Wildman–Crippen LogP) is 3.63. The minimum Gasteiger partial charge on any atom is -0.493 e. The molecule has 20 heavy (non-hydrogen) atoms. The summed E-state index contributed by atoms with van der Waals surface area (Å²) in [6.45, 7) is 2.99. The van der Waals surface area contributed by atoms with Crippen molar-refractivity contribution in [2.45, 2.75) is 25.8 Å². The van der Waals surface area contributed by atoms with Gasteiger partial charge in [0.2, 0.25) is 0 Å². The van der Waals surface area contributed by atoms with E-state index in [9.17, 15) is 0 Å². The molecule has 1 heterocycles. The Morgan fingerprint density at radius 1 is 1.05 bits per heavy atom. The molecule has 0 saturated heterocycles. The van der Waals surface area contributed by atoms with Crippen molar-refractivity contribution in [3.05, 3.63) is 64.7 Å². The Morgan fingerprint density at radius 3 is 2.65 bits per heavy atom. The van der Waals surface area contributed by atoms with Crippen LogP contribution in [0.1, 0.15) is 34.7 Å². The molecule has 0 aliphatic carbocycles. The Morgan fingerprint density at radius 2 is 1.85 bits per heavy atom. The van der Waals surface area contributed by atoms with Gasteiger partial charge in [-0.25, -0.2) is 0 Å². The Hall–Kier alpha value is -1.80. The molecule has 1 N–H and O–H groups in total. The van der Waals surface area contributed by atoms with Crippen molar-refractivity contribution < 1.29 is 4.74 Å². The van der Waals surface area contributed by atoms with Crippen molar-refractivity contribution in [3.8, 4) is 5.75 Å². The lowest BCUT2D eigenvalue weighted by atomic mass is 9.91. The fourth-order valence-electron chi connectivity index (χ4n) is 3.03. The first-order chi connectivity index (χ1) is 9.81. The molecule has 1 unspecified atom stereocenters. The fourth-order valence-corrected chi connectivity index (χ4v) is 3.03. The van der Waals surface area contributed by atoms with Crippen LogP contribution in [0.15, 0.2) is 42.5 Å². The molecule has 0 aromatic heterocycles. The second kappa shape index (κ2) is 5.68. The lowest BCUT2D eigenvalue weighted by Crippen LogP contribution is -2.21. The van der Waals surface area contributed by atoms with E-state index in [1.54, 1.807) is 0 Å². The smallest absolute Gasteiger partial charge is 0.127 e. The topological polar surface area (TPSA) is 21.3 Å². The van der Waals surface area contributed by atoms with E-state index < -0.39 is 0 Å². The van der Waals surface area contributed by atoms with Gasteiger partial charge in [-0.15, -0.1) is 0 Å². The molecule has 3 rings (SSSR count). The minimum atomic E-state index is 0.184. The van der Waals surface area contributed by atoms with Gasteiger partial charge in [0.15, 0.2) is 0 Å². The highest BCUT2D eigenvalue weighted by atomic mass is 16.5. The van der Waals surface area contributed by atoms with Crippen LogP contribution in [0, 0.1) is 6.92 Å². The van der Waals surface area contributed by atoms with Crippen molar-refractivity contribution in [2.75, 3.05) is 13.7 Å². The Labute approximate surface area is 120 Å². The number of hydrogen-bond acceptors (Lipinski definition) is 2. The fraction of sp³-hybridized carbons (Fsp3) is 0.333. The molecule has 104 valence electrons. The highest BCUT2D eigenvalue weighted by Gasteiger charge is 2.22. The van der Waals surface area contributed by atoms with Crippen LogP contribution < -0.4 is 10.1 Å². The van der Waals surface area contributed by atoms with Gasteiger partial charge < -0.3 is 10.1 Å². The lowest BCUT2D eigenvalue weighted by molar-refractivity contribution is 0.283. The van der Waals surface area contributed by atoms with E-state index >= 15 is 0 Å². The van der Waals surface area contributed by atoms with Crippen LogP contribution >= 0.6 is 0 Å². The average molecular weight is 267 g/mol. The number of hydrogen-bond donors (Lipinski definition) is 1. The van der Waals surface area contributed by atoms with Crippen molar-refractivity contribution in [3.63, 3.8) is 0 Å². The standard InChI is InChI=1S/C18H21NO/c1-13-7-3-4-10-15(13)17(19-2)16-11-5-8-14-9-6-12-20-18(14)16/h3-5,7-8,10-11,17,19H,6,9,12H2,1-2H3. The SMILES string of the molecule is CNC(c1ccccc1C)c1cccc2c1OCCC2. The molecule has 2 aromatic carbocycles. The molecule has 0 saturated carbocycles. The van der Waals surface area contributed by atoms with Gasteiger partial charge in [-0.05, 0) is 43.5 Å². The zero-order valence-electron chi connectivity index (χ0n) is 12.1. The van der Waals surface area contributed by atoms with Gasteiger partial charge in [-0.3, -0.25) is 0 Å². The molecule has 0 fully saturated rings. The lowest BCUT2D eigenvalue weighted by Gasteiger charge is -2.26. The predicted molar refractivity (Wildman–Crippen MR) is 82.3 cm³/mol. The third-order valence-electron chi connectivity index (χ3n) is 4.06. The summed E-state index contributed by atoms with van der Waals surface area (Å²) in [5.41, 5.74) is 5.21. The van der Waals surface area contributed by atoms with E-state index in [1.165, 1.54) is 22.3 Å². The number of benzene rings is 2. The van der Waals surface area contributed by atoms with Crippen LogP contribution in [0.2, 0.25) is 0 Å². The van der Waals surface area contributed by atoms with E-state index in [0.29, 0.717) is 0 Å². The molecule has 2 nitrogen and oxygen atoms in total. The van der Waals surface area contributed by atoms with Crippen molar-refractivity contribution in [2.24, 2.45) is 0 Å². The molecule has 0 bridgehead atoms. The highest BCUT2D eigenvalue weighted by molar-refractivity contribution is 5.48. The number of aryl methyl sites for hydroxylation is 2. The van der Waals surface area contributed by atoms with E-state index in [1.807, 2.05) is 7.05 Å². The molecular weight excluding hydrogens is 246 g/mol. The molecule has 0 amide bonds. The van der Waals surface area contributed by atoms with Gasteiger partial charge in [0.25, 0.3) is 0 Å². The van der Waals surface area contributed by atoms with E-state index in [0.717, 1.165) is 25.2 Å². The average Bonchev–Trinajstić information content (AvgIpc) is 2.50. The molecular formula is C18H21NO. The number of para-hydroxylation sites is 1. The van der Waals surface area contributed by atoms with Crippen molar-refractivity contribution in [1.29, 1.82) is 0 Å². The zero-order chi connectivity index (χ0) is 13.9. The summed E-state index contributed by atoms with van der Waals surface area (Å²) in [6, 6.07) is 15.2. The number of nitrogens with one attached hydrogen (secondary N) is 1. The molecule has 2 heteroatoms. The first kappa shape index (κ1) is 13.2. The van der Waals surface area contributed by atoms with Gasteiger partial charge in [0, 0.05) is 5.56 Å². The maximum atomic E-state index is 5.96. The second-order valence-electron chi connectivity index (χ2n) is 5.37. The van der Waals surface area contributed by atoms with Crippen LogP contribution in [0.3, 0.4) is 0 Å². The summed E-state index contributed by atoms with van der Waals surface area (Å²) >= 11 is 0. The summed E-state index contributed by atoms with van der Waals surface area (Å²) in [7, 11) is 2.01. The zero-order valence-corrected chi connectivity index (χ0v) is 12.1. The molecule has 2 aromatic rings. The number of ether oxygens (including phenoxy) is 1. The van der Waals surface area contributed by atoms with Gasteiger partial charge in [-0.1, -0.05) is 42.5 Å². The molecule has 0 radical (unpaired) electrons. The quantitative estimate of drug-likeness (QED) is 0.917. The van der Waals surface area contributed by atoms with E-state index in [-0.39, 0.29) is 6.04 Å². The number of rotatable bonds is 3. The van der Waals surface area contributed by atoms with Gasteiger partial charge in [-0.2, -0.15) is 0 Å². The molecule has 1 aliphatic heterocycles.